The number of rotatable bonds is 6. The highest BCUT2D eigenvalue weighted by molar-refractivity contribution is 5.42. The summed E-state index contributed by atoms with van der Waals surface area (Å²) in [5, 5.41) is 13.6. The predicted octanol–water partition coefficient (Wildman–Crippen LogP) is 2.47. The lowest BCUT2D eigenvalue weighted by Gasteiger charge is -2.13. The van der Waals surface area contributed by atoms with Crippen LogP contribution >= 0.6 is 0 Å². The summed E-state index contributed by atoms with van der Waals surface area (Å²) in [5.41, 5.74) is 4.04. The van der Waals surface area contributed by atoms with Crippen LogP contribution in [0.2, 0.25) is 0 Å². The Morgan fingerprint density at radius 2 is 2.17 bits per heavy atom. The van der Waals surface area contributed by atoms with Crippen molar-refractivity contribution < 1.29 is 9.84 Å². The van der Waals surface area contributed by atoms with E-state index in [1.54, 1.807) is 7.11 Å². The average Bonchev–Trinajstić information content (AvgIpc) is 2.97. The fourth-order valence-corrected chi connectivity index (χ4v) is 2.57. The van der Waals surface area contributed by atoms with Gasteiger partial charge in [-0.3, -0.25) is 0 Å². The van der Waals surface area contributed by atoms with E-state index in [1.807, 2.05) is 36.7 Å². The number of hydrogen-bond donors (Lipinski definition) is 2. The standard InChI is InChI=1S/C18H21N3O2/c1-13-6-7-21-15(11-20-18(21)8-13)10-19-12-17(22)14-4-3-5-16(9-14)23-2/h3-9,11,17,19,22H,10,12H2,1-2H3. The first-order chi connectivity index (χ1) is 11.2. The second-order valence-electron chi connectivity index (χ2n) is 5.61. The highest BCUT2D eigenvalue weighted by Gasteiger charge is 2.09. The predicted molar refractivity (Wildman–Crippen MR) is 89.6 cm³/mol. The molecule has 0 bridgehead atoms. The first kappa shape index (κ1) is 15.5. The van der Waals surface area contributed by atoms with Gasteiger partial charge in [-0.15, -0.1) is 0 Å². The van der Waals surface area contributed by atoms with Crippen molar-refractivity contribution in [2.45, 2.75) is 19.6 Å². The van der Waals surface area contributed by atoms with Crippen LogP contribution in [0.4, 0.5) is 0 Å². The van der Waals surface area contributed by atoms with E-state index in [0.717, 1.165) is 22.7 Å². The number of hydrogen-bond acceptors (Lipinski definition) is 4. The number of benzene rings is 1. The molecule has 0 amide bonds. The van der Waals surface area contributed by atoms with Gasteiger partial charge in [0, 0.05) is 19.3 Å². The molecule has 3 aromatic rings. The molecule has 0 saturated heterocycles. The highest BCUT2D eigenvalue weighted by Crippen LogP contribution is 2.18. The van der Waals surface area contributed by atoms with E-state index in [9.17, 15) is 5.11 Å². The molecule has 23 heavy (non-hydrogen) atoms. The van der Waals surface area contributed by atoms with Crippen molar-refractivity contribution >= 4 is 5.65 Å². The monoisotopic (exact) mass is 311 g/mol. The summed E-state index contributed by atoms with van der Waals surface area (Å²) in [6.07, 6.45) is 3.30. The molecule has 1 aromatic carbocycles. The summed E-state index contributed by atoms with van der Waals surface area (Å²) in [6.45, 7) is 3.16. The molecule has 0 fully saturated rings. The van der Waals surface area contributed by atoms with Crippen LogP contribution < -0.4 is 10.1 Å². The number of aliphatic hydroxyl groups is 1. The van der Waals surface area contributed by atoms with Crippen LogP contribution in [0.3, 0.4) is 0 Å². The summed E-state index contributed by atoms with van der Waals surface area (Å²) in [4.78, 5) is 4.40. The third-order valence-corrected chi connectivity index (χ3v) is 3.87. The largest absolute Gasteiger partial charge is 0.497 e. The van der Waals surface area contributed by atoms with Crippen molar-refractivity contribution in [1.29, 1.82) is 0 Å². The molecule has 0 saturated carbocycles. The summed E-state index contributed by atoms with van der Waals surface area (Å²) in [7, 11) is 1.62. The Kier molecular flexibility index (Phi) is 4.60. The number of methoxy groups -OCH3 is 1. The number of fused-ring (bicyclic) bond motifs is 1. The topological polar surface area (TPSA) is 58.8 Å². The minimum atomic E-state index is -0.577. The lowest BCUT2D eigenvalue weighted by atomic mass is 10.1. The van der Waals surface area contributed by atoms with Gasteiger partial charge in [0.05, 0.1) is 25.1 Å². The highest BCUT2D eigenvalue weighted by atomic mass is 16.5. The molecule has 0 spiro atoms. The molecular weight excluding hydrogens is 290 g/mol. The zero-order chi connectivity index (χ0) is 16.2. The normalized spacial score (nSPS) is 12.5. The van der Waals surface area contributed by atoms with Crippen LogP contribution in [0, 0.1) is 6.92 Å². The Hall–Kier alpha value is -2.37. The molecule has 0 radical (unpaired) electrons. The summed E-state index contributed by atoms with van der Waals surface area (Å²) < 4.78 is 7.24. The van der Waals surface area contributed by atoms with Crippen molar-refractivity contribution in [3.63, 3.8) is 0 Å². The Morgan fingerprint density at radius 3 is 3.00 bits per heavy atom. The molecule has 1 unspecified atom stereocenters. The number of pyridine rings is 1. The van der Waals surface area contributed by atoms with E-state index in [2.05, 4.69) is 33.8 Å². The van der Waals surface area contributed by atoms with Crippen molar-refractivity contribution in [2.75, 3.05) is 13.7 Å². The van der Waals surface area contributed by atoms with Gasteiger partial charge in [0.1, 0.15) is 11.4 Å². The van der Waals surface area contributed by atoms with Gasteiger partial charge in [-0.1, -0.05) is 12.1 Å². The van der Waals surface area contributed by atoms with E-state index >= 15 is 0 Å². The van der Waals surface area contributed by atoms with Crippen LogP contribution in [-0.4, -0.2) is 28.1 Å². The molecule has 0 aliphatic heterocycles. The van der Waals surface area contributed by atoms with Gasteiger partial charge in [-0.25, -0.2) is 4.98 Å². The Balaban J connectivity index is 1.61. The number of aryl methyl sites for hydroxylation is 1. The molecule has 1 atom stereocenters. The maximum absolute atomic E-state index is 10.3. The van der Waals surface area contributed by atoms with E-state index in [0.29, 0.717) is 13.1 Å². The number of nitrogens with one attached hydrogen (secondary N) is 1. The first-order valence-electron chi connectivity index (χ1n) is 7.62. The molecule has 5 nitrogen and oxygen atoms in total. The number of ether oxygens (including phenoxy) is 1. The lowest BCUT2D eigenvalue weighted by Crippen LogP contribution is -2.21. The van der Waals surface area contributed by atoms with Crippen molar-refractivity contribution in [2.24, 2.45) is 0 Å². The zero-order valence-corrected chi connectivity index (χ0v) is 13.4. The van der Waals surface area contributed by atoms with Gasteiger partial charge in [0.25, 0.3) is 0 Å². The smallest absolute Gasteiger partial charge is 0.137 e. The molecule has 3 rings (SSSR count). The molecular formula is C18H21N3O2. The second-order valence-corrected chi connectivity index (χ2v) is 5.61. The maximum Gasteiger partial charge on any atom is 0.137 e. The number of aromatic nitrogens is 2. The minimum absolute atomic E-state index is 0.465. The molecule has 120 valence electrons. The van der Waals surface area contributed by atoms with Gasteiger partial charge < -0.3 is 19.6 Å². The Bertz CT molecular complexity index is 798. The lowest BCUT2D eigenvalue weighted by molar-refractivity contribution is 0.174. The number of nitrogens with zero attached hydrogens (tertiary/aromatic N) is 2. The van der Waals surface area contributed by atoms with Crippen LogP contribution in [0.25, 0.3) is 5.65 Å². The number of imidazole rings is 1. The third-order valence-electron chi connectivity index (χ3n) is 3.87. The maximum atomic E-state index is 10.3. The van der Waals surface area contributed by atoms with Gasteiger partial charge in [0.2, 0.25) is 0 Å². The van der Waals surface area contributed by atoms with Crippen LogP contribution in [0.15, 0.2) is 48.8 Å². The van der Waals surface area contributed by atoms with Gasteiger partial charge >= 0.3 is 0 Å². The third kappa shape index (κ3) is 3.52. The average molecular weight is 311 g/mol. The van der Waals surface area contributed by atoms with E-state index in [4.69, 9.17) is 4.74 Å². The van der Waals surface area contributed by atoms with Crippen molar-refractivity contribution in [3.05, 3.63) is 65.6 Å². The van der Waals surface area contributed by atoms with E-state index < -0.39 is 6.10 Å². The summed E-state index contributed by atoms with van der Waals surface area (Å²) >= 11 is 0. The Labute approximate surface area is 135 Å². The van der Waals surface area contributed by atoms with Crippen molar-refractivity contribution in [1.82, 2.24) is 14.7 Å². The summed E-state index contributed by atoms with van der Waals surface area (Å²) in [5.74, 6) is 0.749. The molecule has 2 N–H and O–H groups in total. The summed E-state index contributed by atoms with van der Waals surface area (Å²) in [6, 6.07) is 11.6. The zero-order valence-electron chi connectivity index (χ0n) is 13.4. The fourth-order valence-electron chi connectivity index (χ4n) is 2.57. The van der Waals surface area contributed by atoms with Crippen LogP contribution in [-0.2, 0) is 6.54 Å². The van der Waals surface area contributed by atoms with Crippen LogP contribution in [0.1, 0.15) is 22.9 Å². The Morgan fingerprint density at radius 1 is 1.30 bits per heavy atom. The second kappa shape index (κ2) is 6.81. The van der Waals surface area contributed by atoms with Crippen molar-refractivity contribution in [3.8, 4) is 5.75 Å². The molecule has 5 heteroatoms. The minimum Gasteiger partial charge on any atom is -0.497 e. The molecule has 2 aromatic heterocycles. The number of aliphatic hydroxyl groups excluding tert-OH is 1. The van der Waals surface area contributed by atoms with Gasteiger partial charge in [-0.2, -0.15) is 0 Å². The van der Waals surface area contributed by atoms with E-state index in [1.165, 1.54) is 5.56 Å². The van der Waals surface area contributed by atoms with E-state index in [-0.39, 0.29) is 0 Å². The van der Waals surface area contributed by atoms with Gasteiger partial charge in [-0.05, 0) is 42.3 Å². The molecule has 0 aliphatic rings. The SMILES string of the molecule is COc1cccc(C(O)CNCc2cnc3cc(C)ccn23)c1. The van der Waals surface area contributed by atoms with Crippen LogP contribution in [0.5, 0.6) is 5.75 Å². The first-order valence-corrected chi connectivity index (χ1v) is 7.62. The fraction of sp³-hybridized carbons (Fsp3) is 0.278. The molecule has 0 aliphatic carbocycles. The molecule has 2 heterocycles. The van der Waals surface area contributed by atoms with Gasteiger partial charge in [0.15, 0.2) is 0 Å². The quantitative estimate of drug-likeness (QED) is 0.734.